The van der Waals surface area contributed by atoms with Gasteiger partial charge in [-0.15, -0.1) is 0 Å². The van der Waals surface area contributed by atoms with E-state index >= 15 is 0 Å². The van der Waals surface area contributed by atoms with Crippen LogP contribution in [0.1, 0.15) is 65.7 Å². The van der Waals surface area contributed by atoms with Crippen LogP contribution in [0.2, 0.25) is 0 Å². The second-order valence-electron chi connectivity index (χ2n) is 10.3. The summed E-state index contributed by atoms with van der Waals surface area (Å²) in [5.74, 6) is -0.0189. The summed E-state index contributed by atoms with van der Waals surface area (Å²) in [5, 5.41) is 21.0. The van der Waals surface area contributed by atoms with Gasteiger partial charge in [-0.1, -0.05) is 37.3 Å². The number of allylic oxidation sites excluding steroid dienone is 4. The predicted molar refractivity (Wildman–Crippen MR) is 116 cm³/mol. The molecule has 3 fully saturated rings. The highest BCUT2D eigenvalue weighted by Gasteiger charge is 2.65. The third-order valence-corrected chi connectivity index (χ3v) is 10.1. The van der Waals surface area contributed by atoms with Gasteiger partial charge in [0.2, 0.25) is 0 Å². The van der Waals surface area contributed by atoms with E-state index < -0.39 is 11.6 Å². The molecule has 0 aromatic heterocycles. The molecule has 0 spiro atoms. The van der Waals surface area contributed by atoms with Crippen molar-refractivity contribution >= 4 is 28.6 Å². The van der Waals surface area contributed by atoms with E-state index in [-0.39, 0.29) is 51.7 Å². The van der Waals surface area contributed by atoms with E-state index in [2.05, 4.69) is 19.9 Å². The molecule has 0 aromatic rings. The lowest BCUT2D eigenvalue weighted by Gasteiger charge is -2.60. The van der Waals surface area contributed by atoms with E-state index in [4.69, 9.17) is 0 Å². The van der Waals surface area contributed by atoms with Crippen molar-refractivity contribution in [3.63, 3.8) is 0 Å². The first-order valence-corrected chi connectivity index (χ1v) is 11.9. The van der Waals surface area contributed by atoms with E-state index in [0.29, 0.717) is 12.3 Å². The highest BCUT2D eigenvalue weighted by Crippen LogP contribution is 2.68. The third kappa shape index (κ3) is 3.22. The van der Waals surface area contributed by atoms with Gasteiger partial charge in [-0.2, -0.15) is 0 Å². The Morgan fingerprint density at radius 3 is 2.57 bits per heavy atom. The minimum Gasteiger partial charge on any atom is -0.481 e. The minimum atomic E-state index is -0.970. The maximum absolute atomic E-state index is 12.1. The lowest BCUT2D eigenvalue weighted by atomic mass is 9.47. The summed E-state index contributed by atoms with van der Waals surface area (Å²) in [5.41, 5.74) is -0.361. The van der Waals surface area contributed by atoms with E-state index in [1.807, 2.05) is 0 Å². The molecule has 2 N–H and O–H groups in total. The molecule has 0 amide bonds. The van der Waals surface area contributed by atoms with Crippen LogP contribution in [0.4, 0.5) is 0 Å². The predicted octanol–water partition coefficient (Wildman–Crippen LogP) is 4.15. The number of hydrogen-bond acceptors (Lipinski definition) is 5. The molecule has 7 atom stereocenters. The van der Waals surface area contributed by atoms with Crippen molar-refractivity contribution in [1.82, 2.24) is 0 Å². The number of fused-ring (bicyclic) bond motifs is 5. The zero-order chi connectivity index (χ0) is 21.9. The zero-order valence-electron chi connectivity index (χ0n) is 18.0. The topological polar surface area (TPSA) is 91.7 Å². The van der Waals surface area contributed by atoms with Crippen molar-refractivity contribution in [3.05, 3.63) is 23.8 Å². The van der Waals surface area contributed by atoms with E-state index in [0.717, 1.165) is 31.3 Å². The molecule has 3 saturated carbocycles. The first-order chi connectivity index (χ1) is 14.0. The fraction of sp³-hybridized carbons (Fsp3) is 0.708. The molecule has 0 radical (unpaired) electrons. The number of thioether (sulfide) groups is 1. The van der Waals surface area contributed by atoms with Crippen LogP contribution in [-0.4, -0.2) is 37.9 Å². The molecular formula is C24H32O5S. The fourth-order valence-electron chi connectivity index (χ4n) is 7.31. The Morgan fingerprint density at radius 2 is 1.90 bits per heavy atom. The van der Waals surface area contributed by atoms with Gasteiger partial charge in [0.05, 0.1) is 5.60 Å². The largest absolute Gasteiger partial charge is 0.481 e. The Morgan fingerprint density at radius 1 is 1.20 bits per heavy atom. The maximum atomic E-state index is 12.1. The highest BCUT2D eigenvalue weighted by atomic mass is 32.2. The molecular weight excluding hydrogens is 400 g/mol. The van der Waals surface area contributed by atoms with Gasteiger partial charge in [-0.05, 0) is 73.8 Å². The van der Waals surface area contributed by atoms with Crippen LogP contribution in [0, 0.1) is 28.6 Å². The van der Waals surface area contributed by atoms with E-state index in [1.165, 1.54) is 11.8 Å². The SMILES string of the molecule is CC(=O)S[C@@H]1CC2=CC(=O)C=C[C@]2(C)[C@H]2CC[C@@]3(C)[C@@H](CC[C@@]3(O)CCC(=O)O)[C@H]12. The van der Waals surface area contributed by atoms with Gasteiger partial charge in [-0.25, -0.2) is 0 Å². The van der Waals surface area contributed by atoms with Crippen molar-refractivity contribution in [2.24, 2.45) is 28.6 Å². The standard InChI is InChI=1S/C24H32O5S/c1-14(25)30-19-13-15-12-16(26)4-8-22(15,2)17-5-9-23(3)18(21(17)19)6-10-24(23,29)11-7-20(27)28/h4,8,12,17-19,21,29H,5-7,9-11,13H2,1-3H3,(H,27,28)/t17-,18-,19+,21+,22-,23-,24+/m0/s1. The summed E-state index contributed by atoms with van der Waals surface area (Å²) in [6.07, 6.45) is 9.76. The summed E-state index contributed by atoms with van der Waals surface area (Å²) >= 11 is 1.39. The molecule has 6 heteroatoms. The van der Waals surface area contributed by atoms with Crippen LogP contribution < -0.4 is 0 Å². The Kier molecular flexibility index (Phi) is 5.33. The smallest absolute Gasteiger partial charge is 0.303 e. The Labute approximate surface area is 182 Å². The van der Waals surface area contributed by atoms with Crippen molar-refractivity contribution in [2.45, 2.75) is 76.6 Å². The number of rotatable bonds is 4. The number of ketones is 1. The summed E-state index contributed by atoms with van der Waals surface area (Å²) in [6, 6.07) is 0. The molecule has 4 aliphatic rings. The number of aliphatic hydroxyl groups is 1. The molecule has 0 unspecified atom stereocenters. The lowest BCUT2D eigenvalue weighted by molar-refractivity contribution is -0.145. The molecule has 30 heavy (non-hydrogen) atoms. The van der Waals surface area contributed by atoms with Gasteiger partial charge in [-0.3, -0.25) is 14.4 Å². The minimum absolute atomic E-state index is 0.0199. The quantitative estimate of drug-likeness (QED) is 0.693. The van der Waals surface area contributed by atoms with Gasteiger partial charge in [0.25, 0.3) is 0 Å². The lowest BCUT2D eigenvalue weighted by Crippen LogP contribution is -2.57. The van der Waals surface area contributed by atoms with Crippen LogP contribution in [0.5, 0.6) is 0 Å². The number of aliphatic carboxylic acids is 1. The fourth-order valence-corrected chi connectivity index (χ4v) is 8.54. The van der Waals surface area contributed by atoms with Crippen molar-refractivity contribution in [1.29, 1.82) is 0 Å². The highest BCUT2D eigenvalue weighted by molar-refractivity contribution is 8.14. The average Bonchev–Trinajstić information content (AvgIpc) is 2.93. The first-order valence-electron chi connectivity index (χ1n) is 11.1. The first kappa shape index (κ1) is 21.8. The number of carboxylic acid groups (broad SMARTS) is 1. The average molecular weight is 433 g/mol. The van der Waals surface area contributed by atoms with Crippen LogP contribution in [-0.2, 0) is 14.4 Å². The Hall–Kier alpha value is -1.40. The normalized spacial score (nSPS) is 44.7. The number of carbonyl (C=O) groups excluding carboxylic acids is 2. The molecule has 4 aliphatic carbocycles. The van der Waals surface area contributed by atoms with Gasteiger partial charge >= 0.3 is 5.97 Å². The second kappa shape index (κ2) is 7.33. The van der Waals surface area contributed by atoms with Gasteiger partial charge in [0, 0.05) is 24.0 Å². The Bertz CT molecular complexity index is 847. The van der Waals surface area contributed by atoms with E-state index in [9.17, 15) is 24.6 Å². The van der Waals surface area contributed by atoms with Crippen LogP contribution >= 0.6 is 11.8 Å². The van der Waals surface area contributed by atoms with Crippen molar-refractivity contribution in [2.75, 3.05) is 0 Å². The van der Waals surface area contributed by atoms with Crippen LogP contribution in [0.15, 0.2) is 23.8 Å². The van der Waals surface area contributed by atoms with Crippen molar-refractivity contribution < 1.29 is 24.6 Å². The summed E-state index contributed by atoms with van der Waals surface area (Å²) < 4.78 is 0. The number of carbonyl (C=O) groups is 3. The monoisotopic (exact) mass is 432 g/mol. The van der Waals surface area contributed by atoms with Gasteiger partial charge in [0.1, 0.15) is 0 Å². The molecule has 0 bridgehead atoms. The molecule has 0 heterocycles. The molecule has 0 aromatic carbocycles. The van der Waals surface area contributed by atoms with Gasteiger partial charge in [0.15, 0.2) is 10.9 Å². The summed E-state index contributed by atoms with van der Waals surface area (Å²) in [7, 11) is 0. The number of carboxylic acids is 1. The Balaban J connectivity index is 1.72. The van der Waals surface area contributed by atoms with Gasteiger partial charge < -0.3 is 10.2 Å². The summed E-state index contributed by atoms with van der Waals surface area (Å²) in [6.45, 7) is 5.97. The number of hydrogen-bond donors (Lipinski definition) is 2. The molecule has 164 valence electrons. The maximum Gasteiger partial charge on any atom is 0.303 e. The zero-order valence-corrected chi connectivity index (χ0v) is 18.8. The molecule has 0 aliphatic heterocycles. The molecule has 0 saturated heterocycles. The third-order valence-electron chi connectivity index (χ3n) is 8.95. The van der Waals surface area contributed by atoms with Crippen molar-refractivity contribution in [3.8, 4) is 0 Å². The molecule has 5 nitrogen and oxygen atoms in total. The molecule has 4 rings (SSSR count). The summed E-state index contributed by atoms with van der Waals surface area (Å²) in [4.78, 5) is 35.4. The van der Waals surface area contributed by atoms with Crippen LogP contribution in [0.3, 0.4) is 0 Å². The second-order valence-corrected chi connectivity index (χ2v) is 11.7. The van der Waals surface area contributed by atoms with Crippen LogP contribution in [0.25, 0.3) is 0 Å². The van der Waals surface area contributed by atoms with E-state index in [1.54, 1.807) is 19.1 Å².